The number of sulfonamides is 1. The molecule has 0 radical (unpaired) electrons. The summed E-state index contributed by atoms with van der Waals surface area (Å²) in [6, 6.07) is 11.9. The van der Waals surface area contributed by atoms with Crippen LogP contribution in [0.1, 0.15) is 39.4 Å². The molecule has 1 saturated heterocycles. The molecule has 32 heavy (non-hydrogen) atoms. The van der Waals surface area contributed by atoms with E-state index in [2.05, 4.69) is 25.3 Å². The second kappa shape index (κ2) is 8.41. The summed E-state index contributed by atoms with van der Waals surface area (Å²) in [7, 11) is -2.14. The van der Waals surface area contributed by atoms with Crippen molar-refractivity contribution in [3.05, 3.63) is 48.3 Å². The standard InChI is InChI=1S/C24H32N4O3S/c1-24(2,3)23-26-21-14-19(27(4)32(29,30)20-10-7-18(25)8-11-20)9-12-22(21)28(23)15-17-6-5-13-31-16-17/h7-12,14,17H,5-6,13,15-16,25H2,1-4H3. The molecule has 2 N–H and O–H groups in total. The lowest BCUT2D eigenvalue weighted by Crippen LogP contribution is -2.26. The summed E-state index contributed by atoms with van der Waals surface area (Å²) in [6.45, 7) is 8.92. The van der Waals surface area contributed by atoms with Crippen molar-refractivity contribution in [3.8, 4) is 0 Å². The third-order valence-electron chi connectivity index (χ3n) is 6.00. The Hall–Kier alpha value is -2.58. The van der Waals surface area contributed by atoms with Gasteiger partial charge in [-0.1, -0.05) is 20.8 Å². The van der Waals surface area contributed by atoms with Gasteiger partial charge in [-0.3, -0.25) is 4.31 Å². The predicted molar refractivity (Wildman–Crippen MR) is 128 cm³/mol. The first kappa shape index (κ1) is 22.6. The van der Waals surface area contributed by atoms with E-state index in [9.17, 15) is 8.42 Å². The Morgan fingerprint density at radius 1 is 1.19 bits per heavy atom. The Kier molecular flexibility index (Phi) is 5.94. The summed E-state index contributed by atoms with van der Waals surface area (Å²) >= 11 is 0. The number of nitrogens with zero attached hydrogens (tertiary/aromatic N) is 3. The normalized spacial score (nSPS) is 17.6. The zero-order valence-electron chi connectivity index (χ0n) is 19.2. The monoisotopic (exact) mass is 456 g/mol. The number of hydrogen-bond acceptors (Lipinski definition) is 5. The lowest BCUT2D eigenvalue weighted by atomic mass is 9.95. The SMILES string of the molecule is CN(c1ccc2c(c1)nc(C(C)(C)C)n2CC1CCCOC1)S(=O)(=O)c1ccc(N)cc1. The van der Waals surface area contributed by atoms with Crippen molar-refractivity contribution in [2.45, 2.75) is 50.5 Å². The van der Waals surface area contributed by atoms with Crippen LogP contribution in [0, 0.1) is 5.92 Å². The summed E-state index contributed by atoms with van der Waals surface area (Å²) in [5, 5.41) is 0. The minimum atomic E-state index is -3.71. The molecule has 0 spiro atoms. The van der Waals surface area contributed by atoms with E-state index in [0.29, 0.717) is 17.3 Å². The highest BCUT2D eigenvalue weighted by Crippen LogP contribution is 2.32. The molecule has 8 heteroatoms. The van der Waals surface area contributed by atoms with E-state index in [1.54, 1.807) is 19.2 Å². The minimum absolute atomic E-state index is 0.142. The number of rotatable bonds is 5. The Bertz CT molecular complexity index is 1200. The molecule has 0 saturated carbocycles. The van der Waals surface area contributed by atoms with E-state index in [-0.39, 0.29) is 10.3 Å². The molecule has 4 rings (SSSR count). The number of benzene rings is 2. The summed E-state index contributed by atoms with van der Waals surface area (Å²) in [5.74, 6) is 1.45. The highest BCUT2D eigenvalue weighted by atomic mass is 32.2. The number of fused-ring (bicyclic) bond motifs is 1. The molecule has 1 atom stereocenters. The fourth-order valence-electron chi connectivity index (χ4n) is 4.22. The Morgan fingerprint density at radius 3 is 2.53 bits per heavy atom. The average Bonchev–Trinajstić information content (AvgIpc) is 3.12. The molecule has 1 aliphatic rings. The highest BCUT2D eigenvalue weighted by molar-refractivity contribution is 7.92. The summed E-state index contributed by atoms with van der Waals surface area (Å²) < 4.78 is 35.5. The van der Waals surface area contributed by atoms with Crippen molar-refractivity contribution in [1.29, 1.82) is 0 Å². The average molecular weight is 457 g/mol. The number of ether oxygens (including phenoxy) is 1. The van der Waals surface area contributed by atoms with Crippen LogP contribution in [0.3, 0.4) is 0 Å². The number of imidazole rings is 1. The topological polar surface area (TPSA) is 90.5 Å². The van der Waals surface area contributed by atoms with Gasteiger partial charge < -0.3 is 15.0 Å². The van der Waals surface area contributed by atoms with Crippen LogP contribution in [0.4, 0.5) is 11.4 Å². The molecule has 2 aromatic carbocycles. The van der Waals surface area contributed by atoms with Gasteiger partial charge in [0.25, 0.3) is 10.0 Å². The van der Waals surface area contributed by atoms with Crippen molar-refractivity contribution in [2.24, 2.45) is 5.92 Å². The van der Waals surface area contributed by atoms with Crippen LogP contribution in [0.2, 0.25) is 0 Å². The first-order valence-corrected chi connectivity index (χ1v) is 12.4. The van der Waals surface area contributed by atoms with Crippen LogP contribution in [0.25, 0.3) is 11.0 Å². The molecule has 1 fully saturated rings. The molecule has 1 aromatic heterocycles. The number of aromatic nitrogens is 2. The summed E-state index contributed by atoms with van der Waals surface area (Å²) in [5.41, 5.74) is 8.47. The Balaban J connectivity index is 1.73. The second-order valence-electron chi connectivity index (χ2n) is 9.59. The molecule has 0 amide bonds. The zero-order chi connectivity index (χ0) is 23.1. The third-order valence-corrected chi connectivity index (χ3v) is 7.80. The molecule has 172 valence electrons. The van der Waals surface area contributed by atoms with Gasteiger partial charge in [-0.2, -0.15) is 0 Å². The fourth-order valence-corrected chi connectivity index (χ4v) is 5.41. The Morgan fingerprint density at radius 2 is 1.91 bits per heavy atom. The van der Waals surface area contributed by atoms with Crippen molar-refractivity contribution in [2.75, 3.05) is 30.3 Å². The summed E-state index contributed by atoms with van der Waals surface area (Å²) in [6.07, 6.45) is 2.23. The van der Waals surface area contributed by atoms with E-state index in [4.69, 9.17) is 15.5 Å². The van der Waals surface area contributed by atoms with Crippen molar-refractivity contribution in [1.82, 2.24) is 9.55 Å². The fraction of sp³-hybridized carbons (Fsp3) is 0.458. The predicted octanol–water partition coefficient (Wildman–Crippen LogP) is 4.17. The van der Waals surface area contributed by atoms with Gasteiger partial charge in [0.1, 0.15) is 5.82 Å². The van der Waals surface area contributed by atoms with Crippen LogP contribution in [0.15, 0.2) is 47.4 Å². The molecule has 0 aliphatic carbocycles. The third kappa shape index (κ3) is 4.34. The number of nitrogens with two attached hydrogens (primary N) is 1. The number of hydrogen-bond donors (Lipinski definition) is 1. The second-order valence-corrected chi connectivity index (χ2v) is 11.6. The number of anilines is 2. The zero-order valence-corrected chi connectivity index (χ0v) is 20.0. The maximum Gasteiger partial charge on any atom is 0.264 e. The first-order valence-electron chi connectivity index (χ1n) is 11.0. The van der Waals surface area contributed by atoms with Crippen LogP contribution < -0.4 is 10.0 Å². The molecule has 3 aromatic rings. The molecular formula is C24H32N4O3S. The van der Waals surface area contributed by atoms with E-state index in [1.165, 1.54) is 16.4 Å². The minimum Gasteiger partial charge on any atom is -0.399 e. The van der Waals surface area contributed by atoms with E-state index in [0.717, 1.165) is 49.5 Å². The van der Waals surface area contributed by atoms with Crippen molar-refractivity contribution < 1.29 is 13.2 Å². The maximum atomic E-state index is 13.1. The van der Waals surface area contributed by atoms with E-state index < -0.39 is 10.0 Å². The summed E-state index contributed by atoms with van der Waals surface area (Å²) in [4.78, 5) is 5.14. The van der Waals surface area contributed by atoms with Gasteiger partial charge in [0.15, 0.2) is 0 Å². The van der Waals surface area contributed by atoms with E-state index in [1.807, 2.05) is 18.2 Å². The van der Waals surface area contributed by atoms with Gasteiger partial charge in [-0.15, -0.1) is 0 Å². The number of nitrogen functional groups attached to an aromatic ring is 1. The van der Waals surface area contributed by atoms with Gasteiger partial charge in [-0.25, -0.2) is 13.4 Å². The molecule has 1 unspecified atom stereocenters. The van der Waals surface area contributed by atoms with Crippen LogP contribution >= 0.6 is 0 Å². The molecule has 2 heterocycles. The van der Waals surface area contributed by atoms with E-state index >= 15 is 0 Å². The van der Waals surface area contributed by atoms with Crippen LogP contribution in [-0.4, -0.2) is 38.2 Å². The van der Waals surface area contributed by atoms with Crippen LogP contribution in [-0.2, 0) is 26.7 Å². The lowest BCUT2D eigenvalue weighted by molar-refractivity contribution is 0.0482. The van der Waals surface area contributed by atoms with Crippen molar-refractivity contribution >= 4 is 32.4 Å². The van der Waals surface area contributed by atoms with Crippen molar-refractivity contribution in [3.63, 3.8) is 0 Å². The smallest absolute Gasteiger partial charge is 0.264 e. The Labute approximate surface area is 190 Å². The molecule has 1 aliphatic heterocycles. The van der Waals surface area contributed by atoms with Gasteiger partial charge in [-0.05, 0) is 55.3 Å². The maximum absolute atomic E-state index is 13.1. The molecule has 7 nitrogen and oxygen atoms in total. The highest BCUT2D eigenvalue weighted by Gasteiger charge is 2.27. The quantitative estimate of drug-likeness (QED) is 0.582. The molecule has 0 bridgehead atoms. The van der Waals surface area contributed by atoms with Crippen LogP contribution in [0.5, 0.6) is 0 Å². The van der Waals surface area contributed by atoms with Gasteiger partial charge in [0.2, 0.25) is 0 Å². The lowest BCUT2D eigenvalue weighted by Gasteiger charge is -2.26. The van der Waals surface area contributed by atoms with Gasteiger partial charge >= 0.3 is 0 Å². The van der Waals surface area contributed by atoms with Gasteiger partial charge in [0, 0.05) is 37.2 Å². The molecular weight excluding hydrogens is 424 g/mol. The largest absolute Gasteiger partial charge is 0.399 e. The van der Waals surface area contributed by atoms with Gasteiger partial charge in [0.05, 0.1) is 28.2 Å². The first-order chi connectivity index (χ1) is 15.1.